The van der Waals surface area contributed by atoms with Crippen LogP contribution in [0.25, 0.3) is 16.7 Å². The van der Waals surface area contributed by atoms with Gasteiger partial charge in [-0.25, -0.2) is 9.18 Å². The number of hydrogen-bond acceptors (Lipinski definition) is 6. The second-order valence-electron chi connectivity index (χ2n) is 13.8. The average Bonchev–Trinajstić information content (AvgIpc) is 3.40. The van der Waals surface area contributed by atoms with Crippen LogP contribution in [0.5, 0.6) is 0 Å². The Kier molecular flexibility index (Phi) is 13.1. The van der Waals surface area contributed by atoms with Gasteiger partial charge in [-0.2, -0.15) is 4.98 Å². The number of nitrogens with zero attached hydrogens (tertiary/aromatic N) is 3. The normalized spacial score (nSPS) is 12.5. The van der Waals surface area contributed by atoms with Gasteiger partial charge >= 0.3 is 5.69 Å². The van der Waals surface area contributed by atoms with Crippen LogP contribution in [0.4, 0.5) is 4.39 Å². The summed E-state index contributed by atoms with van der Waals surface area (Å²) < 4.78 is 21.0. The zero-order valence-corrected chi connectivity index (χ0v) is 29.3. The topological polar surface area (TPSA) is 162 Å². The van der Waals surface area contributed by atoms with Gasteiger partial charge in [-0.15, -0.1) is 0 Å². The molecule has 2 heterocycles. The summed E-state index contributed by atoms with van der Waals surface area (Å²) >= 11 is 5.91. The van der Waals surface area contributed by atoms with Gasteiger partial charge in [0.15, 0.2) is 5.96 Å². The molecule has 8 N–H and O–H groups in total. The molecule has 12 heteroatoms. The quantitative estimate of drug-likeness (QED) is 0.0811. The van der Waals surface area contributed by atoms with E-state index in [4.69, 9.17) is 33.5 Å². The molecule has 0 aliphatic carbocycles. The molecule has 0 bridgehead atoms. The van der Waals surface area contributed by atoms with Crippen molar-refractivity contribution in [3.05, 3.63) is 92.4 Å². The number of benzene rings is 2. The van der Waals surface area contributed by atoms with E-state index < -0.39 is 0 Å². The highest BCUT2D eigenvalue weighted by molar-refractivity contribution is 6.30. The summed E-state index contributed by atoms with van der Waals surface area (Å²) in [5.41, 5.74) is 20.6. The lowest BCUT2D eigenvalue weighted by molar-refractivity contribution is 0.111. The lowest BCUT2D eigenvalue weighted by atomic mass is 9.86. The molecule has 10 nitrogen and oxygen atoms in total. The first-order chi connectivity index (χ1) is 22.0. The Bertz CT molecular complexity index is 1700. The summed E-state index contributed by atoms with van der Waals surface area (Å²) in [6.07, 6.45) is 2.71. The molecule has 0 radical (unpaired) electrons. The van der Waals surface area contributed by atoms with E-state index in [2.05, 4.69) is 47.1 Å². The summed E-state index contributed by atoms with van der Waals surface area (Å²) in [5, 5.41) is 4.41. The highest BCUT2D eigenvalue weighted by Crippen LogP contribution is 2.31. The van der Waals surface area contributed by atoms with Crippen LogP contribution in [0.15, 0.2) is 58.4 Å². The van der Waals surface area contributed by atoms with Crippen LogP contribution in [-0.2, 0) is 28.7 Å². The van der Waals surface area contributed by atoms with E-state index in [0.29, 0.717) is 31.0 Å². The second-order valence-corrected chi connectivity index (χ2v) is 14.2. The molecule has 0 fully saturated rings. The minimum atomic E-state index is -0.347. The van der Waals surface area contributed by atoms with Gasteiger partial charge < -0.3 is 32.2 Å². The van der Waals surface area contributed by atoms with Crippen molar-refractivity contribution in [1.29, 1.82) is 0 Å². The van der Waals surface area contributed by atoms with Gasteiger partial charge in [0.05, 0.1) is 23.9 Å². The van der Waals surface area contributed by atoms with Gasteiger partial charge in [0.2, 0.25) is 0 Å². The molecule has 0 spiro atoms. The summed E-state index contributed by atoms with van der Waals surface area (Å²) in [4.78, 5) is 23.9. The number of nitrogens with one attached hydrogen (secondary N) is 2. The van der Waals surface area contributed by atoms with Crippen molar-refractivity contribution in [1.82, 2.24) is 19.9 Å². The number of H-pyrrole nitrogens is 1. The molecule has 2 aromatic carbocycles. The van der Waals surface area contributed by atoms with Crippen LogP contribution >= 0.6 is 11.6 Å². The number of aromatic amines is 1. The van der Waals surface area contributed by atoms with Crippen molar-refractivity contribution in [3.63, 3.8) is 0 Å². The Labute approximate surface area is 282 Å². The van der Waals surface area contributed by atoms with Crippen molar-refractivity contribution >= 4 is 28.6 Å². The summed E-state index contributed by atoms with van der Waals surface area (Å²) in [6.45, 7) is 17.1. The molecule has 0 aliphatic heterocycles. The Hall–Kier alpha value is -3.77. The van der Waals surface area contributed by atoms with E-state index >= 15 is 0 Å². The number of halogens is 2. The lowest BCUT2D eigenvalue weighted by Gasteiger charge is -2.21. The predicted octanol–water partition coefficient (Wildman–Crippen LogP) is 5.40. The predicted molar refractivity (Wildman–Crippen MR) is 191 cm³/mol. The molecular formula is C35H50ClFN8O2. The van der Waals surface area contributed by atoms with E-state index in [0.717, 1.165) is 47.4 Å². The Morgan fingerprint density at radius 1 is 1.09 bits per heavy atom. The number of ether oxygens (including phenoxy) is 1. The number of nitrogens with two attached hydrogens (primary N) is 3. The number of fused-ring (bicyclic) bond motifs is 1. The third kappa shape index (κ3) is 11.5. The average molecular weight is 669 g/mol. The summed E-state index contributed by atoms with van der Waals surface area (Å²) in [6, 6.07) is 13.3. The third-order valence-electron chi connectivity index (χ3n) is 7.21. The molecule has 1 atom stereocenters. The Balaban J connectivity index is 0.000000287. The fraction of sp³-hybridized carbons (Fsp3) is 0.457. The van der Waals surface area contributed by atoms with Gasteiger partial charge in [0.1, 0.15) is 11.5 Å². The molecule has 0 unspecified atom stereocenters. The fourth-order valence-corrected chi connectivity index (χ4v) is 4.88. The van der Waals surface area contributed by atoms with E-state index in [-0.39, 0.29) is 39.4 Å². The highest BCUT2D eigenvalue weighted by Gasteiger charge is 2.21. The molecular weight excluding hydrogens is 619 g/mol. The lowest BCUT2D eigenvalue weighted by Crippen LogP contribution is -2.23. The van der Waals surface area contributed by atoms with Crippen molar-refractivity contribution < 1.29 is 9.13 Å². The van der Waals surface area contributed by atoms with Crippen LogP contribution in [0.1, 0.15) is 77.3 Å². The van der Waals surface area contributed by atoms with E-state index in [1.54, 1.807) is 10.6 Å². The zero-order chi connectivity index (χ0) is 34.9. The highest BCUT2D eigenvalue weighted by atomic mass is 35.5. The van der Waals surface area contributed by atoms with Gasteiger partial charge in [0, 0.05) is 41.8 Å². The molecule has 256 valence electrons. The van der Waals surface area contributed by atoms with Gasteiger partial charge in [0.25, 0.3) is 0 Å². The maximum Gasteiger partial charge on any atom is 0.354 e. The van der Waals surface area contributed by atoms with Crippen molar-refractivity contribution in [2.45, 2.75) is 84.9 Å². The number of aliphatic imine (C=N–C) groups is 1. The number of aromatic nitrogens is 3. The van der Waals surface area contributed by atoms with Crippen LogP contribution in [0.3, 0.4) is 0 Å². The van der Waals surface area contributed by atoms with Crippen molar-refractivity contribution in [3.8, 4) is 5.69 Å². The third-order valence-corrected chi connectivity index (χ3v) is 7.49. The first-order valence-electron chi connectivity index (χ1n) is 15.8. The minimum absolute atomic E-state index is 0.0111. The van der Waals surface area contributed by atoms with E-state index in [1.165, 1.54) is 0 Å². The minimum Gasteiger partial charge on any atom is -0.375 e. The molecule has 2 aromatic heterocycles. The fourth-order valence-electron chi connectivity index (χ4n) is 4.64. The Morgan fingerprint density at radius 2 is 1.77 bits per heavy atom. The van der Waals surface area contributed by atoms with E-state index in [9.17, 15) is 9.18 Å². The number of guanidine groups is 1. The molecule has 0 amide bonds. The SMILES string of the molecule is CC(C)(C)c1cc2cn(-c3ccc(CNCCCN=C(N)N)cc3)c(=O)nc2[nH]1.C[C@H](N)COCc1cc(Cl)c(F)c(C(C)(C)C)c1. The first kappa shape index (κ1) is 37.7. The second kappa shape index (κ2) is 16.4. The van der Waals surface area contributed by atoms with E-state index in [1.807, 2.05) is 64.2 Å². The van der Waals surface area contributed by atoms with Crippen LogP contribution in [0, 0.1) is 5.82 Å². The molecule has 0 aliphatic rings. The van der Waals surface area contributed by atoms with Crippen LogP contribution in [0.2, 0.25) is 5.02 Å². The largest absolute Gasteiger partial charge is 0.375 e. The van der Waals surface area contributed by atoms with Crippen LogP contribution < -0.4 is 28.2 Å². The van der Waals surface area contributed by atoms with Crippen LogP contribution in [-0.4, -0.2) is 46.2 Å². The summed E-state index contributed by atoms with van der Waals surface area (Å²) in [5.74, 6) is -0.224. The van der Waals surface area contributed by atoms with Gasteiger partial charge in [-0.05, 0) is 72.3 Å². The van der Waals surface area contributed by atoms with Gasteiger partial charge in [-0.1, -0.05) is 65.3 Å². The maximum atomic E-state index is 13.9. The first-order valence-corrected chi connectivity index (χ1v) is 16.1. The molecule has 0 saturated carbocycles. The molecule has 0 saturated heterocycles. The standard InChI is InChI=1S/C21H29N7O.C14H21ClFNO/c1-21(2,3)17-11-15-13-28(20(29)27-18(15)26-17)16-7-5-14(6-8-16)12-24-9-4-10-25-19(22)23;1-9(17)7-18-8-10-5-11(14(2,3)4)13(16)12(15)6-10/h5-8,11,13,24H,4,9-10,12H2,1-3H3,(H4,22,23,25)(H,26,27,29);5-6,9H,7-8,17H2,1-4H3/t;9-/m.0/s1. The van der Waals surface area contributed by atoms with Crippen molar-refractivity contribution in [2.24, 2.45) is 22.2 Å². The Morgan fingerprint density at radius 3 is 2.36 bits per heavy atom. The van der Waals surface area contributed by atoms with Gasteiger partial charge in [-0.3, -0.25) is 9.56 Å². The number of rotatable bonds is 11. The maximum absolute atomic E-state index is 13.9. The monoisotopic (exact) mass is 668 g/mol. The van der Waals surface area contributed by atoms with Crippen molar-refractivity contribution in [2.75, 3.05) is 19.7 Å². The summed E-state index contributed by atoms with van der Waals surface area (Å²) in [7, 11) is 0. The molecule has 4 rings (SSSR count). The smallest absolute Gasteiger partial charge is 0.354 e. The zero-order valence-electron chi connectivity index (χ0n) is 28.6. The molecule has 47 heavy (non-hydrogen) atoms. The molecule has 4 aromatic rings. The number of hydrogen-bond donors (Lipinski definition) is 5.